The maximum Gasteiger partial charge on any atom is 0.252 e. The van der Waals surface area contributed by atoms with Gasteiger partial charge in [-0.3, -0.25) is 9.59 Å². The lowest BCUT2D eigenvalue weighted by Gasteiger charge is -2.33. The summed E-state index contributed by atoms with van der Waals surface area (Å²) in [6, 6.07) is 5.05. The van der Waals surface area contributed by atoms with Gasteiger partial charge >= 0.3 is 0 Å². The number of ether oxygens (including phenoxy) is 3. The van der Waals surface area contributed by atoms with Crippen molar-refractivity contribution in [2.45, 2.75) is 12.5 Å². The second kappa shape index (κ2) is 6.56. The van der Waals surface area contributed by atoms with Gasteiger partial charge in [0.15, 0.2) is 0 Å². The molecule has 0 saturated carbocycles. The molecule has 1 aliphatic rings. The van der Waals surface area contributed by atoms with Crippen molar-refractivity contribution in [1.29, 1.82) is 0 Å². The molecule has 0 radical (unpaired) electrons. The number of methoxy groups -OCH3 is 1. The zero-order chi connectivity index (χ0) is 18.0. The number of amides is 2. The highest BCUT2D eigenvalue weighted by molar-refractivity contribution is 6.01. The summed E-state index contributed by atoms with van der Waals surface area (Å²) in [5.74, 6) is -0.0464. The van der Waals surface area contributed by atoms with Crippen molar-refractivity contribution in [2.24, 2.45) is 5.73 Å². The average molecular weight is 345 g/mol. The Morgan fingerprint density at radius 1 is 1.48 bits per heavy atom. The van der Waals surface area contributed by atoms with Crippen LogP contribution in [0.1, 0.15) is 17.3 Å². The van der Waals surface area contributed by atoms with E-state index in [1.165, 1.54) is 7.11 Å². The minimum Gasteiger partial charge on any atom is -0.496 e. The van der Waals surface area contributed by atoms with Crippen LogP contribution < -0.4 is 20.5 Å². The van der Waals surface area contributed by atoms with Crippen LogP contribution in [0.2, 0.25) is 0 Å². The van der Waals surface area contributed by atoms with Gasteiger partial charge in [0.25, 0.3) is 5.91 Å². The normalized spacial score (nSPS) is 20.2. The van der Waals surface area contributed by atoms with Crippen molar-refractivity contribution in [2.75, 3.05) is 26.9 Å². The van der Waals surface area contributed by atoms with E-state index in [9.17, 15) is 9.59 Å². The van der Waals surface area contributed by atoms with Crippen molar-refractivity contribution < 1.29 is 23.8 Å². The summed E-state index contributed by atoms with van der Waals surface area (Å²) in [6.45, 7) is 2.42. The van der Waals surface area contributed by atoms with Crippen molar-refractivity contribution >= 4 is 22.6 Å². The predicted octanol–water partition coefficient (Wildman–Crippen LogP) is 0.626. The zero-order valence-electron chi connectivity index (χ0n) is 14.0. The zero-order valence-corrected chi connectivity index (χ0v) is 14.0. The molecular weight excluding hydrogens is 326 g/mol. The van der Waals surface area contributed by atoms with Crippen molar-refractivity contribution in [3.05, 3.63) is 30.0 Å². The van der Waals surface area contributed by atoms with E-state index in [0.717, 1.165) is 5.39 Å². The van der Waals surface area contributed by atoms with Crippen LogP contribution in [0.15, 0.2) is 24.4 Å². The van der Waals surface area contributed by atoms with Gasteiger partial charge in [-0.15, -0.1) is 0 Å². The number of rotatable bonds is 5. The summed E-state index contributed by atoms with van der Waals surface area (Å²) >= 11 is 0. The van der Waals surface area contributed by atoms with Gasteiger partial charge in [-0.1, -0.05) is 0 Å². The van der Waals surface area contributed by atoms with E-state index in [0.29, 0.717) is 23.6 Å². The van der Waals surface area contributed by atoms with Crippen LogP contribution in [-0.4, -0.2) is 49.3 Å². The van der Waals surface area contributed by atoms with Gasteiger partial charge in [0.05, 0.1) is 24.8 Å². The van der Waals surface area contributed by atoms with Gasteiger partial charge in [-0.05, 0) is 30.5 Å². The van der Waals surface area contributed by atoms with Gasteiger partial charge < -0.3 is 25.3 Å². The van der Waals surface area contributed by atoms with E-state index in [1.54, 1.807) is 24.4 Å². The average Bonchev–Trinajstić information content (AvgIpc) is 2.58. The van der Waals surface area contributed by atoms with Gasteiger partial charge in [0, 0.05) is 11.6 Å². The Hall–Kier alpha value is -2.87. The van der Waals surface area contributed by atoms with Crippen LogP contribution in [0.5, 0.6) is 11.6 Å². The molecule has 2 amide bonds. The number of nitrogens with two attached hydrogens (primary N) is 1. The smallest absolute Gasteiger partial charge is 0.252 e. The SMILES string of the molecule is COc1cc2c(OC[C@]3(C)COCC(=O)N3)nccc2cc1C(N)=O. The van der Waals surface area contributed by atoms with E-state index < -0.39 is 11.4 Å². The Labute approximate surface area is 144 Å². The molecule has 1 atom stereocenters. The number of pyridine rings is 1. The topological polar surface area (TPSA) is 113 Å². The molecule has 25 heavy (non-hydrogen) atoms. The molecule has 8 nitrogen and oxygen atoms in total. The van der Waals surface area contributed by atoms with Crippen LogP contribution in [-0.2, 0) is 9.53 Å². The summed E-state index contributed by atoms with van der Waals surface area (Å²) in [7, 11) is 1.46. The molecule has 2 heterocycles. The highest BCUT2D eigenvalue weighted by Crippen LogP contribution is 2.31. The number of benzene rings is 1. The van der Waals surface area contributed by atoms with Gasteiger partial charge in [0.2, 0.25) is 11.8 Å². The van der Waals surface area contributed by atoms with Gasteiger partial charge in [-0.25, -0.2) is 4.98 Å². The maximum absolute atomic E-state index is 11.6. The number of nitrogens with zero attached hydrogens (tertiary/aromatic N) is 1. The highest BCUT2D eigenvalue weighted by Gasteiger charge is 2.32. The molecule has 0 spiro atoms. The van der Waals surface area contributed by atoms with Gasteiger partial charge in [0.1, 0.15) is 19.0 Å². The number of nitrogens with one attached hydrogen (secondary N) is 1. The fraction of sp³-hybridized carbons (Fsp3) is 0.353. The molecule has 3 rings (SSSR count). The number of hydrogen-bond acceptors (Lipinski definition) is 6. The Kier molecular flexibility index (Phi) is 4.45. The number of primary amides is 1. The number of hydrogen-bond donors (Lipinski definition) is 2. The summed E-state index contributed by atoms with van der Waals surface area (Å²) in [4.78, 5) is 27.3. The largest absolute Gasteiger partial charge is 0.496 e. The lowest BCUT2D eigenvalue weighted by Crippen LogP contribution is -2.58. The number of fused-ring (bicyclic) bond motifs is 1. The number of aromatic nitrogens is 1. The van der Waals surface area contributed by atoms with E-state index in [2.05, 4.69) is 10.3 Å². The third kappa shape index (κ3) is 3.48. The van der Waals surface area contributed by atoms with Gasteiger partial charge in [-0.2, -0.15) is 0 Å². The minimum atomic E-state index is -0.642. The molecule has 2 aromatic rings. The molecule has 0 bridgehead atoms. The maximum atomic E-state index is 11.6. The second-order valence-corrected chi connectivity index (χ2v) is 6.14. The molecule has 1 saturated heterocycles. The van der Waals surface area contributed by atoms with E-state index in [1.807, 2.05) is 6.92 Å². The molecule has 8 heteroatoms. The monoisotopic (exact) mass is 345 g/mol. The molecular formula is C17H19N3O5. The fourth-order valence-corrected chi connectivity index (χ4v) is 2.73. The molecule has 132 valence electrons. The highest BCUT2D eigenvalue weighted by atomic mass is 16.5. The minimum absolute atomic E-state index is 0.0508. The Balaban J connectivity index is 1.91. The first-order chi connectivity index (χ1) is 11.9. The molecule has 1 aromatic heterocycles. The van der Waals surface area contributed by atoms with Crippen LogP contribution in [0, 0.1) is 0 Å². The lowest BCUT2D eigenvalue weighted by molar-refractivity contribution is -0.135. The van der Waals surface area contributed by atoms with Crippen LogP contribution in [0.25, 0.3) is 10.8 Å². The number of carbonyl (C=O) groups is 2. The Bertz CT molecular complexity index is 838. The lowest BCUT2D eigenvalue weighted by atomic mass is 10.0. The molecule has 1 fully saturated rings. The molecule has 1 aliphatic heterocycles. The summed E-state index contributed by atoms with van der Waals surface area (Å²) in [5, 5.41) is 4.28. The van der Waals surface area contributed by atoms with Crippen molar-refractivity contribution in [1.82, 2.24) is 10.3 Å². The molecule has 3 N–H and O–H groups in total. The Morgan fingerprint density at radius 2 is 2.28 bits per heavy atom. The van der Waals surface area contributed by atoms with E-state index in [-0.39, 0.29) is 24.7 Å². The predicted molar refractivity (Wildman–Crippen MR) is 89.7 cm³/mol. The standard InChI is InChI=1S/C17H19N3O5/c1-17(8-24-7-14(21)20-17)9-25-16-11-6-13(23-2)12(15(18)22)5-10(11)3-4-19-16/h3-6H,7-9H2,1-2H3,(H2,18,22)(H,20,21)/t17-/m0/s1. The number of morpholine rings is 1. The molecule has 0 aliphatic carbocycles. The summed E-state index contributed by atoms with van der Waals surface area (Å²) < 4.78 is 16.3. The quantitative estimate of drug-likeness (QED) is 0.822. The first kappa shape index (κ1) is 17.0. The third-order valence-electron chi connectivity index (χ3n) is 3.94. The van der Waals surface area contributed by atoms with E-state index >= 15 is 0 Å². The van der Waals surface area contributed by atoms with Crippen LogP contribution in [0.4, 0.5) is 0 Å². The Morgan fingerprint density at radius 3 is 2.96 bits per heavy atom. The second-order valence-electron chi connectivity index (χ2n) is 6.14. The third-order valence-corrected chi connectivity index (χ3v) is 3.94. The molecule has 0 unspecified atom stereocenters. The summed E-state index contributed by atoms with van der Waals surface area (Å²) in [5.41, 5.74) is 5.03. The fourth-order valence-electron chi connectivity index (χ4n) is 2.73. The van der Waals surface area contributed by atoms with E-state index in [4.69, 9.17) is 19.9 Å². The first-order valence-electron chi connectivity index (χ1n) is 7.70. The number of carbonyl (C=O) groups excluding carboxylic acids is 2. The van der Waals surface area contributed by atoms with Crippen LogP contribution >= 0.6 is 0 Å². The molecule has 1 aromatic carbocycles. The first-order valence-corrected chi connectivity index (χ1v) is 7.70. The van der Waals surface area contributed by atoms with Crippen molar-refractivity contribution in [3.63, 3.8) is 0 Å². The van der Waals surface area contributed by atoms with Crippen LogP contribution in [0.3, 0.4) is 0 Å². The van der Waals surface area contributed by atoms with Crippen molar-refractivity contribution in [3.8, 4) is 11.6 Å². The summed E-state index contributed by atoms with van der Waals surface area (Å²) in [6.07, 6.45) is 1.58.